The van der Waals surface area contributed by atoms with Crippen molar-refractivity contribution in [2.75, 3.05) is 26.6 Å². The predicted molar refractivity (Wildman–Crippen MR) is 67.0 cm³/mol. The van der Waals surface area contributed by atoms with E-state index in [9.17, 15) is 4.79 Å². The molecule has 2 N–H and O–H groups in total. The van der Waals surface area contributed by atoms with Gasteiger partial charge in [-0.15, -0.1) is 0 Å². The maximum absolute atomic E-state index is 11.4. The topological polar surface area (TPSA) is 97.2 Å². The summed E-state index contributed by atoms with van der Waals surface area (Å²) in [6.45, 7) is 1.20. The van der Waals surface area contributed by atoms with Crippen molar-refractivity contribution in [2.45, 2.75) is 6.54 Å². The van der Waals surface area contributed by atoms with Gasteiger partial charge in [0.05, 0.1) is 32.1 Å². The van der Waals surface area contributed by atoms with Gasteiger partial charge in [-0.1, -0.05) is 0 Å². The number of hydrogen-bond donors (Lipinski definition) is 1. The molecule has 2 heterocycles. The zero-order chi connectivity index (χ0) is 13.8. The Hall–Kier alpha value is -2.35. The number of methoxy groups -OCH3 is 2. The minimum Gasteiger partial charge on any atom is -0.464 e. The second kappa shape index (κ2) is 5.53. The van der Waals surface area contributed by atoms with Crippen molar-refractivity contribution in [3.63, 3.8) is 0 Å². The second-order valence-corrected chi connectivity index (χ2v) is 3.79. The van der Waals surface area contributed by atoms with Crippen LogP contribution in [0.25, 0.3) is 5.69 Å². The minimum atomic E-state index is -0.567. The van der Waals surface area contributed by atoms with Gasteiger partial charge in [0.25, 0.3) is 0 Å². The van der Waals surface area contributed by atoms with Gasteiger partial charge in [-0.3, -0.25) is 9.25 Å². The van der Waals surface area contributed by atoms with E-state index in [2.05, 4.69) is 14.8 Å². The number of nitrogens with two attached hydrogens (primary N) is 1. The average molecular weight is 265 g/mol. The number of esters is 1. The minimum absolute atomic E-state index is 0.0899. The first-order chi connectivity index (χ1) is 9.17. The molecule has 0 aliphatic carbocycles. The van der Waals surface area contributed by atoms with E-state index in [1.807, 2.05) is 0 Å². The lowest BCUT2D eigenvalue weighted by Gasteiger charge is -2.02. The summed E-state index contributed by atoms with van der Waals surface area (Å²) >= 11 is 0. The molecule has 19 heavy (non-hydrogen) atoms. The van der Waals surface area contributed by atoms with Crippen LogP contribution in [-0.2, 0) is 16.0 Å². The molecule has 2 rings (SSSR count). The number of anilines is 1. The quantitative estimate of drug-likeness (QED) is 0.769. The van der Waals surface area contributed by atoms with Gasteiger partial charge in [-0.25, -0.2) is 9.78 Å². The lowest BCUT2D eigenvalue weighted by atomic mass is 10.4. The summed E-state index contributed by atoms with van der Waals surface area (Å²) in [5.74, 6) is -0.346. The third-order valence-corrected chi connectivity index (χ3v) is 2.61. The second-order valence-electron chi connectivity index (χ2n) is 3.79. The number of carbonyl (C=O) groups is 1. The van der Waals surface area contributed by atoms with E-state index in [0.717, 1.165) is 5.69 Å². The van der Waals surface area contributed by atoms with Crippen molar-refractivity contribution in [3.8, 4) is 5.69 Å². The van der Waals surface area contributed by atoms with Crippen LogP contribution in [0, 0.1) is 0 Å². The number of hydrogen-bond acceptors (Lipinski definition) is 6. The number of rotatable bonds is 5. The van der Waals surface area contributed by atoms with Crippen molar-refractivity contribution >= 4 is 11.8 Å². The molecule has 2 aromatic heterocycles. The molecular weight excluding hydrogens is 250 g/mol. The van der Waals surface area contributed by atoms with Gasteiger partial charge in [-0.05, 0) is 0 Å². The van der Waals surface area contributed by atoms with Gasteiger partial charge < -0.3 is 15.2 Å². The van der Waals surface area contributed by atoms with Crippen molar-refractivity contribution < 1.29 is 14.3 Å². The number of ether oxygens (including phenoxy) is 2. The van der Waals surface area contributed by atoms with E-state index in [4.69, 9.17) is 10.5 Å². The van der Waals surface area contributed by atoms with E-state index in [0.29, 0.717) is 13.2 Å². The number of imidazole rings is 1. The van der Waals surface area contributed by atoms with Crippen LogP contribution in [0.3, 0.4) is 0 Å². The van der Waals surface area contributed by atoms with Gasteiger partial charge in [0.1, 0.15) is 12.1 Å². The van der Waals surface area contributed by atoms with E-state index in [1.54, 1.807) is 28.8 Å². The number of nitrogen functional groups attached to an aromatic ring is 1. The molecule has 0 radical (unpaired) electrons. The summed E-state index contributed by atoms with van der Waals surface area (Å²) in [7, 11) is 2.91. The molecule has 0 spiro atoms. The summed E-state index contributed by atoms with van der Waals surface area (Å²) in [6, 6.07) is 0. The molecule has 2 aromatic rings. The molecule has 0 unspecified atom stereocenters. The molecule has 8 nitrogen and oxygen atoms in total. The van der Waals surface area contributed by atoms with Crippen LogP contribution in [0.1, 0.15) is 10.5 Å². The predicted octanol–water partition coefficient (Wildman–Crippen LogP) is 0.0840. The van der Waals surface area contributed by atoms with Crippen LogP contribution in [0.5, 0.6) is 0 Å². The summed E-state index contributed by atoms with van der Waals surface area (Å²) in [5, 5.41) is 4.16. The lowest BCUT2D eigenvalue weighted by molar-refractivity contribution is 0.0596. The van der Waals surface area contributed by atoms with Crippen molar-refractivity contribution in [2.24, 2.45) is 0 Å². The highest BCUT2D eigenvalue weighted by Gasteiger charge is 2.17. The SMILES string of the molecule is COCCn1cc(-n2cnc(C(=O)OC)c2N)cn1. The smallest absolute Gasteiger partial charge is 0.360 e. The third kappa shape index (κ3) is 2.58. The fraction of sp³-hybridized carbons (Fsp3) is 0.364. The Balaban J connectivity index is 2.24. The van der Waals surface area contributed by atoms with Crippen LogP contribution in [0.4, 0.5) is 5.82 Å². The summed E-state index contributed by atoms with van der Waals surface area (Å²) in [4.78, 5) is 15.3. The number of aromatic nitrogens is 4. The molecule has 0 saturated heterocycles. The highest BCUT2D eigenvalue weighted by molar-refractivity contribution is 5.92. The molecule has 102 valence electrons. The Bertz CT molecular complexity index is 575. The monoisotopic (exact) mass is 265 g/mol. The molecule has 0 aromatic carbocycles. The van der Waals surface area contributed by atoms with Gasteiger partial charge in [0.2, 0.25) is 0 Å². The Morgan fingerprint density at radius 2 is 2.26 bits per heavy atom. The first kappa shape index (κ1) is 13.1. The fourth-order valence-corrected chi connectivity index (χ4v) is 1.60. The molecule has 0 fully saturated rings. The Kier molecular flexibility index (Phi) is 3.81. The first-order valence-corrected chi connectivity index (χ1v) is 5.60. The zero-order valence-electron chi connectivity index (χ0n) is 10.7. The summed E-state index contributed by atoms with van der Waals surface area (Å²) < 4.78 is 12.9. The molecule has 0 aliphatic heterocycles. The molecule has 0 bridgehead atoms. The largest absolute Gasteiger partial charge is 0.464 e. The van der Waals surface area contributed by atoms with Crippen molar-refractivity contribution in [1.82, 2.24) is 19.3 Å². The first-order valence-electron chi connectivity index (χ1n) is 5.60. The van der Waals surface area contributed by atoms with Crippen molar-refractivity contribution in [3.05, 3.63) is 24.4 Å². The zero-order valence-corrected chi connectivity index (χ0v) is 10.7. The normalized spacial score (nSPS) is 10.6. The average Bonchev–Trinajstić information content (AvgIpc) is 3.02. The third-order valence-electron chi connectivity index (χ3n) is 2.61. The molecule has 8 heteroatoms. The Morgan fingerprint density at radius 3 is 2.95 bits per heavy atom. The highest BCUT2D eigenvalue weighted by Crippen LogP contribution is 2.17. The summed E-state index contributed by atoms with van der Waals surface area (Å²) in [6.07, 6.45) is 4.88. The molecule has 0 atom stereocenters. The molecular formula is C11H15N5O3. The van der Waals surface area contributed by atoms with Gasteiger partial charge in [0.15, 0.2) is 5.69 Å². The van der Waals surface area contributed by atoms with Gasteiger partial charge in [-0.2, -0.15) is 5.10 Å². The van der Waals surface area contributed by atoms with E-state index in [1.165, 1.54) is 13.4 Å². The lowest BCUT2D eigenvalue weighted by Crippen LogP contribution is -2.07. The fourth-order valence-electron chi connectivity index (χ4n) is 1.60. The number of carbonyl (C=O) groups excluding carboxylic acids is 1. The van der Waals surface area contributed by atoms with Crippen LogP contribution >= 0.6 is 0 Å². The molecule has 0 amide bonds. The summed E-state index contributed by atoms with van der Waals surface area (Å²) in [5.41, 5.74) is 6.67. The standard InChI is InChI=1S/C11H15N5O3/c1-18-4-3-15-6-8(5-14-15)16-7-13-9(10(16)12)11(17)19-2/h5-7H,3-4,12H2,1-2H3. The van der Waals surface area contributed by atoms with Gasteiger partial charge in [0, 0.05) is 13.3 Å². The Labute approximate surface area is 109 Å². The maximum atomic E-state index is 11.4. The number of nitrogens with zero attached hydrogens (tertiary/aromatic N) is 4. The van der Waals surface area contributed by atoms with Crippen LogP contribution in [0.15, 0.2) is 18.7 Å². The van der Waals surface area contributed by atoms with Crippen LogP contribution in [-0.4, -0.2) is 46.1 Å². The molecule has 0 saturated carbocycles. The maximum Gasteiger partial charge on any atom is 0.360 e. The van der Waals surface area contributed by atoms with E-state index in [-0.39, 0.29) is 11.5 Å². The van der Waals surface area contributed by atoms with Crippen LogP contribution < -0.4 is 5.73 Å². The van der Waals surface area contributed by atoms with Gasteiger partial charge >= 0.3 is 5.97 Å². The highest BCUT2D eigenvalue weighted by atomic mass is 16.5. The van der Waals surface area contributed by atoms with Crippen molar-refractivity contribution in [1.29, 1.82) is 0 Å². The van der Waals surface area contributed by atoms with Crippen LogP contribution in [0.2, 0.25) is 0 Å². The van der Waals surface area contributed by atoms with E-state index >= 15 is 0 Å². The molecule has 0 aliphatic rings. The Morgan fingerprint density at radius 1 is 1.47 bits per heavy atom. The van der Waals surface area contributed by atoms with E-state index < -0.39 is 5.97 Å².